The number of nitrogens with zero attached hydrogens (tertiary/aromatic N) is 2. The molecule has 0 aliphatic carbocycles. The van der Waals surface area contributed by atoms with Gasteiger partial charge < -0.3 is 0 Å². The summed E-state index contributed by atoms with van der Waals surface area (Å²) in [6.45, 7) is 6.21. The molecular formula is C12H14N2. The van der Waals surface area contributed by atoms with Crippen LogP contribution >= 0.6 is 0 Å². The van der Waals surface area contributed by atoms with Gasteiger partial charge in [-0.3, -0.25) is 0 Å². The largest absolute Gasteiger partial charge is 0.240 e. The number of aromatic nitrogens is 2. The molecule has 2 heteroatoms. The lowest BCUT2D eigenvalue weighted by molar-refractivity contribution is 0.855. The highest BCUT2D eigenvalue weighted by atomic mass is 15.3. The summed E-state index contributed by atoms with van der Waals surface area (Å²) in [6, 6.07) is 8.40. The van der Waals surface area contributed by atoms with Crippen molar-refractivity contribution in [2.24, 2.45) is 0 Å². The second kappa shape index (κ2) is 3.29. The van der Waals surface area contributed by atoms with E-state index in [0.29, 0.717) is 0 Å². The Balaban J connectivity index is 2.52. The first kappa shape index (κ1) is 9.00. The Kier molecular flexibility index (Phi) is 2.12. The van der Waals surface area contributed by atoms with Gasteiger partial charge >= 0.3 is 0 Å². The molecule has 0 radical (unpaired) electrons. The van der Waals surface area contributed by atoms with Crippen molar-refractivity contribution in [3.8, 4) is 5.69 Å². The second-order valence-corrected chi connectivity index (χ2v) is 3.69. The molecule has 0 atom stereocenters. The number of rotatable bonds is 1. The standard InChI is InChI=1S/C12H14N2/c1-9-4-5-12(10(2)8-9)14-7-6-11(3)13-14/h4-8H,1-3H3. The molecule has 0 fully saturated rings. The molecule has 2 rings (SSSR count). The third-order valence-corrected chi connectivity index (χ3v) is 2.32. The third kappa shape index (κ3) is 1.55. The predicted octanol–water partition coefficient (Wildman–Crippen LogP) is 2.80. The highest BCUT2D eigenvalue weighted by molar-refractivity contribution is 5.41. The van der Waals surface area contributed by atoms with E-state index in [2.05, 4.69) is 37.1 Å². The topological polar surface area (TPSA) is 17.8 Å². The maximum atomic E-state index is 4.39. The van der Waals surface area contributed by atoms with Crippen molar-refractivity contribution in [1.29, 1.82) is 0 Å². The van der Waals surface area contributed by atoms with E-state index in [1.54, 1.807) is 0 Å². The fourth-order valence-electron chi connectivity index (χ4n) is 1.61. The highest BCUT2D eigenvalue weighted by Crippen LogP contribution is 2.14. The van der Waals surface area contributed by atoms with Gasteiger partial charge in [0.25, 0.3) is 0 Å². The van der Waals surface area contributed by atoms with Crippen LogP contribution in [0.2, 0.25) is 0 Å². The number of benzene rings is 1. The Labute approximate surface area is 84.2 Å². The van der Waals surface area contributed by atoms with Gasteiger partial charge in [-0.1, -0.05) is 17.7 Å². The van der Waals surface area contributed by atoms with Crippen molar-refractivity contribution in [1.82, 2.24) is 9.78 Å². The molecule has 0 aliphatic rings. The van der Waals surface area contributed by atoms with Crippen LogP contribution in [0.5, 0.6) is 0 Å². The van der Waals surface area contributed by atoms with Crippen molar-refractivity contribution >= 4 is 0 Å². The van der Waals surface area contributed by atoms with Crippen molar-refractivity contribution in [2.45, 2.75) is 20.8 Å². The summed E-state index contributed by atoms with van der Waals surface area (Å²) < 4.78 is 1.92. The van der Waals surface area contributed by atoms with E-state index in [-0.39, 0.29) is 0 Å². The lowest BCUT2D eigenvalue weighted by Crippen LogP contribution is -1.97. The van der Waals surface area contributed by atoms with Crippen LogP contribution in [0.3, 0.4) is 0 Å². The molecule has 14 heavy (non-hydrogen) atoms. The predicted molar refractivity (Wildman–Crippen MR) is 57.8 cm³/mol. The minimum Gasteiger partial charge on any atom is -0.240 e. The van der Waals surface area contributed by atoms with E-state index in [9.17, 15) is 0 Å². The van der Waals surface area contributed by atoms with Crippen LogP contribution in [-0.4, -0.2) is 9.78 Å². The zero-order valence-electron chi connectivity index (χ0n) is 8.78. The van der Waals surface area contributed by atoms with E-state index >= 15 is 0 Å². The van der Waals surface area contributed by atoms with Crippen molar-refractivity contribution in [3.63, 3.8) is 0 Å². The highest BCUT2D eigenvalue weighted by Gasteiger charge is 2.01. The lowest BCUT2D eigenvalue weighted by atomic mass is 10.1. The van der Waals surface area contributed by atoms with Crippen LogP contribution in [0.4, 0.5) is 0 Å². The van der Waals surface area contributed by atoms with Crippen LogP contribution in [0.25, 0.3) is 5.69 Å². The van der Waals surface area contributed by atoms with Crippen LogP contribution in [0, 0.1) is 20.8 Å². The summed E-state index contributed by atoms with van der Waals surface area (Å²) in [5.74, 6) is 0. The summed E-state index contributed by atoms with van der Waals surface area (Å²) >= 11 is 0. The van der Waals surface area contributed by atoms with E-state index in [1.165, 1.54) is 11.1 Å². The summed E-state index contributed by atoms with van der Waals surface area (Å²) in [5.41, 5.74) is 4.75. The Hall–Kier alpha value is -1.57. The van der Waals surface area contributed by atoms with Crippen molar-refractivity contribution in [2.75, 3.05) is 0 Å². The first-order chi connectivity index (χ1) is 6.66. The molecule has 0 amide bonds. The van der Waals surface area contributed by atoms with Crippen LogP contribution in [0.15, 0.2) is 30.5 Å². The second-order valence-electron chi connectivity index (χ2n) is 3.69. The molecule has 1 aromatic heterocycles. The molecule has 0 saturated carbocycles. The molecule has 72 valence electrons. The number of aryl methyl sites for hydroxylation is 3. The van der Waals surface area contributed by atoms with Crippen LogP contribution < -0.4 is 0 Å². The maximum Gasteiger partial charge on any atom is 0.0674 e. The van der Waals surface area contributed by atoms with E-state index < -0.39 is 0 Å². The Morgan fingerprint density at radius 3 is 2.43 bits per heavy atom. The molecule has 0 spiro atoms. The molecule has 1 heterocycles. The van der Waals surface area contributed by atoms with Gasteiger partial charge in [-0.15, -0.1) is 0 Å². The lowest BCUT2D eigenvalue weighted by Gasteiger charge is -2.06. The normalized spacial score (nSPS) is 10.5. The smallest absolute Gasteiger partial charge is 0.0674 e. The monoisotopic (exact) mass is 186 g/mol. The Morgan fingerprint density at radius 2 is 1.86 bits per heavy atom. The van der Waals surface area contributed by atoms with Gasteiger partial charge in [0.05, 0.1) is 11.4 Å². The van der Waals surface area contributed by atoms with Gasteiger partial charge in [0.15, 0.2) is 0 Å². The Bertz CT molecular complexity index is 455. The molecule has 0 aliphatic heterocycles. The maximum absolute atomic E-state index is 4.39. The van der Waals surface area contributed by atoms with Crippen molar-refractivity contribution < 1.29 is 0 Å². The fourth-order valence-corrected chi connectivity index (χ4v) is 1.61. The zero-order chi connectivity index (χ0) is 10.1. The molecule has 0 saturated heterocycles. The van der Waals surface area contributed by atoms with E-state index in [1.807, 2.05) is 23.9 Å². The third-order valence-electron chi connectivity index (χ3n) is 2.32. The van der Waals surface area contributed by atoms with Crippen LogP contribution in [-0.2, 0) is 0 Å². The number of hydrogen-bond acceptors (Lipinski definition) is 1. The molecule has 2 nitrogen and oxygen atoms in total. The summed E-state index contributed by atoms with van der Waals surface area (Å²) in [4.78, 5) is 0. The first-order valence-electron chi connectivity index (χ1n) is 4.77. The summed E-state index contributed by atoms with van der Waals surface area (Å²) in [6.07, 6.45) is 1.99. The summed E-state index contributed by atoms with van der Waals surface area (Å²) in [7, 11) is 0. The van der Waals surface area contributed by atoms with Gasteiger partial charge in [-0.25, -0.2) is 4.68 Å². The van der Waals surface area contributed by atoms with Gasteiger partial charge in [-0.05, 0) is 38.5 Å². The quantitative estimate of drug-likeness (QED) is 0.669. The van der Waals surface area contributed by atoms with Gasteiger partial charge in [0.1, 0.15) is 0 Å². The molecular weight excluding hydrogens is 172 g/mol. The fraction of sp³-hybridized carbons (Fsp3) is 0.250. The van der Waals surface area contributed by atoms with E-state index in [0.717, 1.165) is 11.4 Å². The zero-order valence-corrected chi connectivity index (χ0v) is 8.78. The minimum absolute atomic E-state index is 1.05. The molecule has 1 aromatic carbocycles. The summed E-state index contributed by atoms with van der Waals surface area (Å²) in [5, 5.41) is 4.39. The average molecular weight is 186 g/mol. The van der Waals surface area contributed by atoms with Crippen molar-refractivity contribution in [3.05, 3.63) is 47.3 Å². The molecule has 0 N–H and O–H groups in total. The first-order valence-corrected chi connectivity index (χ1v) is 4.77. The molecule has 2 aromatic rings. The van der Waals surface area contributed by atoms with Gasteiger partial charge in [0.2, 0.25) is 0 Å². The van der Waals surface area contributed by atoms with Gasteiger partial charge in [0, 0.05) is 6.20 Å². The number of hydrogen-bond donors (Lipinski definition) is 0. The molecule has 0 bridgehead atoms. The Morgan fingerprint density at radius 1 is 1.07 bits per heavy atom. The van der Waals surface area contributed by atoms with Crippen LogP contribution in [0.1, 0.15) is 16.8 Å². The van der Waals surface area contributed by atoms with E-state index in [4.69, 9.17) is 0 Å². The SMILES string of the molecule is Cc1ccc(-n2ccc(C)n2)c(C)c1. The molecule has 0 unspecified atom stereocenters. The van der Waals surface area contributed by atoms with Gasteiger partial charge in [-0.2, -0.15) is 5.10 Å². The average Bonchev–Trinajstić information content (AvgIpc) is 2.51. The minimum atomic E-state index is 1.05.